The molecule has 0 aliphatic heterocycles. The van der Waals surface area contributed by atoms with Crippen molar-refractivity contribution < 1.29 is 13.3 Å². The van der Waals surface area contributed by atoms with Crippen molar-refractivity contribution in [2.24, 2.45) is 0 Å². The highest BCUT2D eigenvalue weighted by molar-refractivity contribution is 7.89. The highest BCUT2D eigenvalue weighted by atomic mass is 35.5. The first kappa shape index (κ1) is 24.0. The lowest BCUT2D eigenvalue weighted by molar-refractivity contribution is 0.167. The zero-order chi connectivity index (χ0) is 24.5. The van der Waals surface area contributed by atoms with Gasteiger partial charge in [-0.1, -0.05) is 42.3 Å². The summed E-state index contributed by atoms with van der Waals surface area (Å²) in [5, 5.41) is 4.18. The molecule has 176 valence electrons. The number of hydrogen-bond acceptors (Lipinski definition) is 7. The minimum Gasteiger partial charge on any atom is -0.412 e. The van der Waals surface area contributed by atoms with Gasteiger partial charge in [0.15, 0.2) is 5.65 Å². The molecule has 4 aromatic rings. The van der Waals surface area contributed by atoms with Crippen molar-refractivity contribution in [3.05, 3.63) is 75.0 Å². The zero-order valence-corrected chi connectivity index (χ0v) is 20.4. The molecule has 0 aliphatic carbocycles. The molecule has 0 saturated carbocycles. The summed E-state index contributed by atoms with van der Waals surface area (Å²) in [4.78, 5) is 26.7. The van der Waals surface area contributed by atoms with Crippen molar-refractivity contribution in [2.75, 3.05) is 19.0 Å². The Bertz CT molecular complexity index is 1540. The standard InChI is InChI=1S/C22H19Cl2N5O4S/c1-3-25-34(31,32)14-7-4-6-13(12-14)26-22-27-20(19-16(23)8-5-9-17(19)24)15-10-11-18(30)29(33-2)21(15)28-22/h4-12,25H,3H2,1-2H3,(H,26,27,28). The molecule has 0 bridgehead atoms. The molecule has 9 nitrogen and oxygen atoms in total. The van der Waals surface area contributed by atoms with Crippen LogP contribution < -0.4 is 20.4 Å². The molecule has 2 aromatic heterocycles. The SMILES string of the molecule is CCNS(=O)(=O)c1cccc(Nc2nc(-c3c(Cl)cccc3Cl)c3ccc(=O)n(OC)c3n2)c1. The van der Waals surface area contributed by atoms with Crippen LogP contribution in [-0.4, -0.2) is 36.8 Å². The Balaban J connectivity index is 1.92. The molecular weight excluding hydrogens is 501 g/mol. The molecule has 0 saturated heterocycles. The molecule has 0 amide bonds. The number of hydrogen-bond donors (Lipinski definition) is 2. The number of pyridine rings is 1. The summed E-state index contributed by atoms with van der Waals surface area (Å²) in [5.41, 5.74) is 0.970. The molecule has 34 heavy (non-hydrogen) atoms. The van der Waals surface area contributed by atoms with Crippen LogP contribution in [0.3, 0.4) is 0 Å². The van der Waals surface area contributed by atoms with E-state index >= 15 is 0 Å². The molecule has 0 fully saturated rings. The lowest BCUT2D eigenvalue weighted by Gasteiger charge is -2.15. The Morgan fingerprint density at radius 2 is 1.74 bits per heavy atom. The first-order valence-electron chi connectivity index (χ1n) is 10.0. The van der Waals surface area contributed by atoms with Gasteiger partial charge in [-0.05, 0) is 36.4 Å². The Morgan fingerprint density at radius 1 is 1.03 bits per heavy atom. The minimum atomic E-state index is -3.67. The molecule has 0 radical (unpaired) electrons. The molecule has 0 spiro atoms. The molecule has 2 N–H and O–H groups in total. The smallest absolute Gasteiger partial charge is 0.285 e. The maximum absolute atomic E-state index is 12.4. The Kier molecular flexibility index (Phi) is 6.76. The van der Waals surface area contributed by atoms with Crippen LogP contribution >= 0.6 is 23.2 Å². The van der Waals surface area contributed by atoms with Gasteiger partial charge in [0, 0.05) is 29.2 Å². The van der Waals surface area contributed by atoms with Crippen LogP contribution in [-0.2, 0) is 10.0 Å². The molecule has 0 aliphatic rings. The Hall–Kier alpha value is -3.18. The van der Waals surface area contributed by atoms with Crippen molar-refractivity contribution in [2.45, 2.75) is 11.8 Å². The van der Waals surface area contributed by atoms with Crippen molar-refractivity contribution in [3.8, 4) is 11.3 Å². The van der Waals surface area contributed by atoms with Gasteiger partial charge in [-0.2, -0.15) is 4.98 Å². The van der Waals surface area contributed by atoms with Crippen LogP contribution in [0.1, 0.15) is 6.92 Å². The Labute approximate surface area is 205 Å². The van der Waals surface area contributed by atoms with E-state index in [0.29, 0.717) is 32.4 Å². The summed E-state index contributed by atoms with van der Waals surface area (Å²) in [6, 6.07) is 14.1. The number of sulfonamides is 1. The molecule has 0 atom stereocenters. The second-order valence-corrected chi connectivity index (χ2v) is 9.61. The molecule has 2 heterocycles. The molecular formula is C22H19Cl2N5O4S. The van der Waals surface area contributed by atoms with Crippen LogP contribution in [0.4, 0.5) is 11.6 Å². The van der Waals surface area contributed by atoms with Crippen molar-refractivity contribution in [1.29, 1.82) is 0 Å². The van der Waals surface area contributed by atoms with E-state index in [4.69, 9.17) is 28.0 Å². The van der Waals surface area contributed by atoms with Gasteiger partial charge in [0.25, 0.3) is 5.56 Å². The Morgan fingerprint density at radius 3 is 2.41 bits per heavy atom. The quantitative estimate of drug-likeness (QED) is 0.380. The topological polar surface area (TPSA) is 115 Å². The number of benzene rings is 2. The average Bonchev–Trinajstić information content (AvgIpc) is 2.79. The van der Waals surface area contributed by atoms with E-state index in [-0.39, 0.29) is 23.0 Å². The first-order chi connectivity index (χ1) is 16.2. The van der Waals surface area contributed by atoms with Gasteiger partial charge in [0.2, 0.25) is 16.0 Å². The summed E-state index contributed by atoms with van der Waals surface area (Å²) in [6.45, 7) is 1.95. The van der Waals surface area contributed by atoms with Crippen LogP contribution in [0.2, 0.25) is 10.0 Å². The summed E-state index contributed by atoms with van der Waals surface area (Å²) in [6.07, 6.45) is 0. The van der Waals surface area contributed by atoms with Crippen molar-refractivity contribution in [1.82, 2.24) is 19.4 Å². The van der Waals surface area contributed by atoms with Gasteiger partial charge in [-0.15, -0.1) is 4.73 Å². The third kappa shape index (κ3) is 4.58. The van der Waals surface area contributed by atoms with E-state index in [9.17, 15) is 13.2 Å². The fourth-order valence-corrected chi connectivity index (χ4v) is 5.05. The maximum Gasteiger partial charge on any atom is 0.285 e. The predicted octanol–water partition coefficient (Wildman–Crippen LogP) is 3.87. The first-order valence-corrected chi connectivity index (χ1v) is 12.3. The number of nitrogens with one attached hydrogen (secondary N) is 2. The summed E-state index contributed by atoms with van der Waals surface area (Å²) in [7, 11) is -2.33. The fraction of sp³-hybridized carbons (Fsp3) is 0.136. The highest BCUT2D eigenvalue weighted by Gasteiger charge is 2.19. The third-order valence-corrected chi connectivity index (χ3v) is 7.00. The number of rotatable bonds is 7. The molecule has 2 aromatic carbocycles. The molecule has 4 rings (SSSR count). The molecule has 12 heteroatoms. The monoisotopic (exact) mass is 519 g/mol. The van der Waals surface area contributed by atoms with Crippen LogP contribution in [0, 0.1) is 0 Å². The van der Waals surface area contributed by atoms with Gasteiger partial charge in [-0.3, -0.25) is 4.79 Å². The fourth-order valence-electron chi connectivity index (χ4n) is 3.38. The van der Waals surface area contributed by atoms with Crippen molar-refractivity contribution >= 4 is 55.9 Å². The third-order valence-electron chi connectivity index (χ3n) is 4.83. The number of anilines is 2. The van der Waals surface area contributed by atoms with E-state index < -0.39 is 15.6 Å². The van der Waals surface area contributed by atoms with E-state index in [1.54, 1.807) is 43.3 Å². The van der Waals surface area contributed by atoms with Crippen LogP contribution in [0.5, 0.6) is 0 Å². The lowest BCUT2D eigenvalue weighted by Crippen LogP contribution is -2.25. The van der Waals surface area contributed by atoms with E-state index in [1.165, 1.54) is 25.3 Å². The summed E-state index contributed by atoms with van der Waals surface area (Å²) in [5.74, 6) is 0.0767. The number of fused-ring (bicyclic) bond motifs is 1. The van der Waals surface area contributed by atoms with Crippen molar-refractivity contribution in [3.63, 3.8) is 0 Å². The van der Waals surface area contributed by atoms with E-state index in [0.717, 1.165) is 4.73 Å². The predicted molar refractivity (Wildman–Crippen MR) is 132 cm³/mol. The molecule has 0 unspecified atom stereocenters. The number of halogens is 2. The lowest BCUT2D eigenvalue weighted by atomic mass is 10.1. The number of aromatic nitrogens is 3. The van der Waals surface area contributed by atoms with Gasteiger partial charge in [0.05, 0.1) is 20.6 Å². The second kappa shape index (κ2) is 9.59. The van der Waals surface area contributed by atoms with E-state index in [1.807, 2.05) is 0 Å². The minimum absolute atomic E-state index is 0.0725. The zero-order valence-electron chi connectivity index (χ0n) is 18.0. The summed E-state index contributed by atoms with van der Waals surface area (Å²) >= 11 is 12.9. The normalized spacial score (nSPS) is 11.5. The van der Waals surface area contributed by atoms with Crippen LogP contribution in [0.15, 0.2) is 64.3 Å². The van der Waals surface area contributed by atoms with E-state index in [2.05, 4.69) is 20.0 Å². The van der Waals surface area contributed by atoms with Gasteiger partial charge < -0.3 is 10.2 Å². The average molecular weight is 520 g/mol. The highest BCUT2D eigenvalue weighted by Crippen LogP contribution is 2.37. The summed E-state index contributed by atoms with van der Waals surface area (Å²) < 4.78 is 28.2. The van der Waals surface area contributed by atoms with Gasteiger partial charge in [0.1, 0.15) is 7.11 Å². The maximum atomic E-state index is 12.4. The number of nitrogens with zero attached hydrogens (tertiary/aromatic N) is 3. The van der Waals surface area contributed by atoms with Gasteiger partial charge >= 0.3 is 0 Å². The van der Waals surface area contributed by atoms with Crippen LogP contribution in [0.25, 0.3) is 22.3 Å². The largest absolute Gasteiger partial charge is 0.412 e. The second-order valence-electron chi connectivity index (χ2n) is 7.03. The van der Waals surface area contributed by atoms with Gasteiger partial charge in [-0.25, -0.2) is 18.1 Å².